The molecule has 0 aromatic heterocycles. The number of aliphatic hydroxyl groups excluding tert-OH is 1. The predicted molar refractivity (Wildman–Crippen MR) is 50.7 cm³/mol. The minimum atomic E-state index is -1.13. The van der Waals surface area contributed by atoms with E-state index in [0.29, 0.717) is 18.3 Å². The summed E-state index contributed by atoms with van der Waals surface area (Å²) in [5.74, 6) is 1.12. The van der Waals surface area contributed by atoms with Crippen molar-refractivity contribution in [3.63, 3.8) is 0 Å². The van der Waals surface area contributed by atoms with Crippen LogP contribution in [0.1, 0.15) is 46.5 Å². The quantitative estimate of drug-likeness (QED) is 0.606. The first kappa shape index (κ1) is 11.9. The summed E-state index contributed by atoms with van der Waals surface area (Å²) < 4.78 is 0. The summed E-state index contributed by atoms with van der Waals surface area (Å²) in [4.78, 5) is 0. The van der Waals surface area contributed by atoms with Crippen molar-refractivity contribution in [1.82, 2.24) is 0 Å². The molecule has 0 radical (unpaired) electrons. The van der Waals surface area contributed by atoms with Crippen LogP contribution in [-0.2, 0) is 0 Å². The van der Waals surface area contributed by atoms with Crippen molar-refractivity contribution < 1.29 is 10.2 Å². The molecule has 0 fully saturated rings. The summed E-state index contributed by atoms with van der Waals surface area (Å²) in [7, 11) is 0. The van der Waals surface area contributed by atoms with Gasteiger partial charge < -0.3 is 10.2 Å². The maximum Gasteiger partial charge on any atom is 0.151 e. The number of rotatable bonds is 6. The lowest BCUT2D eigenvalue weighted by molar-refractivity contribution is -0.0620. The number of aliphatic hydroxyl groups is 2. The van der Waals surface area contributed by atoms with Crippen molar-refractivity contribution in [2.45, 2.75) is 52.7 Å². The first-order chi connectivity index (χ1) is 5.65. The molecule has 0 amide bonds. The van der Waals surface area contributed by atoms with Crippen LogP contribution in [0, 0.1) is 11.8 Å². The highest BCUT2D eigenvalue weighted by Crippen LogP contribution is 2.26. The zero-order valence-electron chi connectivity index (χ0n) is 8.45. The van der Waals surface area contributed by atoms with E-state index in [0.717, 1.165) is 19.3 Å². The Morgan fingerprint density at radius 1 is 0.833 bits per heavy atom. The highest BCUT2D eigenvalue weighted by molar-refractivity contribution is 4.67. The van der Waals surface area contributed by atoms with Gasteiger partial charge in [-0.3, -0.25) is 0 Å². The molecule has 0 aliphatic rings. The van der Waals surface area contributed by atoms with E-state index in [1.807, 2.05) is 0 Å². The Morgan fingerprint density at radius 2 is 1.25 bits per heavy atom. The molecule has 0 saturated heterocycles. The van der Waals surface area contributed by atoms with Gasteiger partial charge >= 0.3 is 0 Å². The zero-order chi connectivity index (χ0) is 9.56. The van der Waals surface area contributed by atoms with Crippen LogP contribution in [0.15, 0.2) is 0 Å². The van der Waals surface area contributed by atoms with Crippen molar-refractivity contribution in [2.75, 3.05) is 0 Å². The van der Waals surface area contributed by atoms with Crippen LogP contribution in [0.4, 0.5) is 0 Å². The summed E-state index contributed by atoms with van der Waals surface area (Å²) in [6, 6.07) is 0. The fraction of sp³-hybridized carbons (Fsp3) is 1.00. The van der Waals surface area contributed by atoms with E-state index < -0.39 is 6.29 Å². The van der Waals surface area contributed by atoms with Gasteiger partial charge in [0.15, 0.2) is 6.29 Å². The Balaban J connectivity index is 3.92. The first-order valence-electron chi connectivity index (χ1n) is 5.01. The lowest BCUT2D eigenvalue weighted by Gasteiger charge is -2.24. The minimum Gasteiger partial charge on any atom is -0.368 e. The van der Waals surface area contributed by atoms with Crippen molar-refractivity contribution in [1.29, 1.82) is 0 Å². The molecule has 1 unspecified atom stereocenters. The smallest absolute Gasteiger partial charge is 0.151 e. The minimum absolute atomic E-state index is 0.472. The second-order valence-corrected chi connectivity index (χ2v) is 3.46. The molecule has 0 heterocycles. The van der Waals surface area contributed by atoms with Crippen LogP contribution < -0.4 is 0 Å². The maximum absolute atomic E-state index is 8.85. The second-order valence-electron chi connectivity index (χ2n) is 3.46. The Labute approximate surface area is 75.6 Å². The van der Waals surface area contributed by atoms with E-state index in [2.05, 4.69) is 20.8 Å². The molecule has 0 aliphatic heterocycles. The van der Waals surface area contributed by atoms with Gasteiger partial charge in [0.2, 0.25) is 0 Å². The number of hydrogen-bond donors (Lipinski definition) is 2. The predicted octanol–water partition coefficient (Wildman–Crippen LogP) is 2.15. The van der Waals surface area contributed by atoms with Crippen molar-refractivity contribution in [3.05, 3.63) is 0 Å². The molecule has 0 saturated carbocycles. The van der Waals surface area contributed by atoms with Gasteiger partial charge in [0.05, 0.1) is 0 Å². The summed E-state index contributed by atoms with van der Waals surface area (Å²) >= 11 is 0. The molecule has 2 nitrogen and oxygen atoms in total. The largest absolute Gasteiger partial charge is 0.368 e. The molecular formula is C10H22O2. The molecule has 2 heteroatoms. The normalized spacial score (nSPS) is 14.2. The topological polar surface area (TPSA) is 40.5 Å². The van der Waals surface area contributed by atoms with Crippen molar-refractivity contribution >= 4 is 0 Å². The van der Waals surface area contributed by atoms with E-state index in [1.54, 1.807) is 0 Å². The van der Waals surface area contributed by atoms with Gasteiger partial charge in [-0.2, -0.15) is 0 Å². The van der Waals surface area contributed by atoms with Gasteiger partial charge in [0, 0.05) is 6.42 Å². The molecular weight excluding hydrogens is 152 g/mol. The fourth-order valence-electron chi connectivity index (χ4n) is 1.92. The third-order valence-corrected chi connectivity index (χ3v) is 2.75. The summed E-state index contributed by atoms with van der Waals surface area (Å²) in [6.07, 6.45) is 2.73. The maximum atomic E-state index is 8.85. The lowest BCUT2D eigenvalue weighted by Crippen LogP contribution is -2.19. The molecule has 1 atom stereocenters. The first-order valence-corrected chi connectivity index (χ1v) is 5.01. The van der Waals surface area contributed by atoms with E-state index in [1.165, 1.54) is 0 Å². The lowest BCUT2D eigenvalue weighted by atomic mass is 9.83. The van der Waals surface area contributed by atoms with Gasteiger partial charge in [-0.1, -0.05) is 40.0 Å². The van der Waals surface area contributed by atoms with Crippen LogP contribution in [0.25, 0.3) is 0 Å². The SMILES string of the molecule is CCC(CC)C(CC)CC(O)O. The van der Waals surface area contributed by atoms with Crippen LogP contribution >= 0.6 is 0 Å². The molecule has 0 rings (SSSR count). The summed E-state index contributed by atoms with van der Waals surface area (Å²) in [5.41, 5.74) is 0. The Kier molecular flexibility index (Phi) is 6.39. The molecule has 12 heavy (non-hydrogen) atoms. The van der Waals surface area contributed by atoms with Crippen LogP contribution in [0.2, 0.25) is 0 Å². The molecule has 2 N–H and O–H groups in total. The van der Waals surface area contributed by atoms with Crippen molar-refractivity contribution in [2.24, 2.45) is 11.8 Å². The average Bonchev–Trinajstić information content (AvgIpc) is 2.04. The molecule has 0 aromatic carbocycles. The molecule has 0 spiro atoms. The van der Waals surface area contributed by atoms with E-state index in [4.69, 9.17) is 10.2 Å². The van der Waals surface area contributed by atoms with E-state index in [-0.39, 0.29) is 0 Å². The van der Waals surface area contributed by atoms with Crippen LogP contribution in [0.3, 0.4) is 0 Å². The van der Waals surface area contributed by atoms with Gasteiger partial charge in [-0.05, 0) is 11.8 Å². The van der Waals surface area contributed by atoms with Crippen LogP contribution in [0.5, 0.6) is 0 Å². The van der Waals surface area contributed by atoms with E-state index >= 15 is 0 Å². The second kappa shape index (κ2) is 6.44. The van der Waals surface area contributed by atoms with Crippen molar-refractivity contribution in [3.8, 4) is 0 Å². The van der Waals surface area contributed by atoms with Crippen LogP contribution in [-0.4, -0.2) is 16.5 Å². The van der Waals surface area contributed by atoms with Gasteiger partial charge in [-0.25, -0.2) is 0 Å². The van der Waals surface area contributed by atoms with E-state index in [9.17, 15) is 0 Å². The average molecular weight is 174 g/mol. The Hall–Kier alpha value is -0.0800. The molecule has 74 valence electrons. The fourth-order valence-corrected chi connectivity index (χ4v) is 1.92. The van der Waals surface area contributed by atoms with Gasteiger partial charge in [-0.15, -0.1) is 0 Å². The van der Waals surface area contributed by atoms with Gasteiger partial charge in [0.25, 0.3) is 0 Å². The Morgan fingerprint density at radius 3 is 1.50 bits per heavy atom. The molecule has 0 bridgehead atoms. The molecule has 0 aromatic rings. The molecule has 0 aliphatic carbocycles. The zero-order valence-corrected chi connectivity index (χ0v) is 8.45. The summed E-state index contributed by atoms with van der Waals surface area (Å²) in [5, 5.41) is 17.7. The standard InChI is InChI=1S/C10H22O2/c1-4-8(5-2)9(6-3)7-10(11)12/h8-12H,4-7H2,1-3H3. The number of hydrogen-bond acceptors (Lipinski definition) is 2. The highest BCUT2D eigenvalue weighted by Gasteiger charge is 2.18. The monoisotopic (exact) mass is 174 g/mol. The van der Waals surface area contributed by atoms with Gasteiger partial charge in [0.1, 0.15) is 0 Å². The highest BCUT2D eigenvalue weighted by atomic mass is 16.5. The summed E-state index contributed by atoms with van der Waals surface area (Å²) in [6.45, 7) is 6.45. The third-order valence-electron chi connectivity index (χ3n) is 2.75. The third kappa shape index (κ3) is 4.07. The Bertz CT molecular complexity index is 98.0.